The van der Waals surface area contributed by atoms with E-state index in [-0.39, 0.29) is 5.56 Å². The van der Waals surface area contributed by atoms with Crippen molar-refractivity contribution in [3.8, 4) is 0 Å². The number of hydrogen-bond donors (Lipinski definition) is 1. The summed E-state index contributed by atoms with van der Waals surface area (Å²) >= 11 is 0. The van der Waals surface area contributed by atoms with Gasteiger partial charge in [0, 0.05) is 25.3 Å². The first-order valence-corrected chi connectivity index (χ1v) is 5.45. The van der Waals surface area contributed by atoms with Gasteiger partial charge in [-0.05, 0) is 6.07 Å². The lowest BCUT2D eigenvalue weighted by atomic mass is 10.0. The molecule has 0 aliphatic rings. The Balaban J connectivity index is 2.99. The number of benzene rings is 1. The van der Waals surface area contributed by atoms with Crippen LogP contribution in [0.1, 0.15) is 18.1 Å². The smallest absolute Gasteiger partial charge is 0.388 e. The Morgan fingerprint density at radius 2 is 1.63 bits per heavy atom. The number of aliphatic hydroxyl groups is 1. The minimum Gasteiger partial charge on any atom is -0.388 e. The van der Waals surface area contributed by atoms with Crippen molar-refractivity contribution < 1.29 is 27.1 Å². The molecule has 0 radical (unpaired) electrons. The van der Waals surface area contributed by atoms with Crippen LogP contribution in [0.15, 0.2) is 24.3 Å². The number of para-hydroxylation sites is 1. The van der Waals surface area contributed by atoms with E-state index in [0.29, 0.717) is 5.69 Å². The van der Waals surface area contributed by atoms with Crippen molar-refractivity contribution in [3.05, 3.63) is 29.8 Å². The highest BCUT2D eigenvalue weighted by atomic mass is 19.4. The molecule has 1 aromatic carbocycles. The van der Waals surface area contributed by atoms with Crippen LogP contribution in [0.5, 0.6) is 0 Å². The molecule has 1 N–H and O–H groups in total. The van der Waals surface area contributed by atoms with Crippen molar-refractivity contribution in [2.75, 3.05) is 19.0 Å². The van der Waals surface area contributed by atoms with Crippen molar-refractivity contribution in [1.29, 1.82) is 0 Å². The van der Waals surface area contributed by atoms with Crippen LogP contribution in [0.3, 0.4) is 0 Å². The lowest BCUT2D eigenvalue weighted by Gasteiger charge is -2.25. The van der Waals surface area contributed by atoms with E-state index in [1.165, 1.54) is 23.1 Å². The van der Waals surface area contributed by atoms with Gasteiger partial charge in [0.25, 0.3) is 0 Å². The number of rotatable bonds is 4. The SMILES string of the molecule is CN(C)c1ccccc1C(O)CC(F)(F)C(F)(F)F. The van der Waals surface area contributed by atoms with E-state index in [1.807, 2.05) is 0 Å². The summed E-state index contributed by atoms with van der Waals surface area (Å²) < 4.78 is 62.1. The summed E-state index contributed by atoms with van der Waals surface area (Å²) in [6.07, 6.45) is -9.25. The van der Waals surface area contributed by atoms with Crippen LogP contribution < -0.4 is 4.90 Å². The van der Waals surface area contributed by atoms with Crippen LogP contribution in [0.4, 0.5) is 27.6 Å². The quantitative estimate of drug-likeness (QED) is 0.856. The fourth-order valence-corrected chi connectivity index (χ4v) is 1.65. The number of anilines is 1. The molecule has 0 saturated carbocycles. The molecule has 0 fully saturated rings. The Morgan fingerprint density at radius 1 is 1.11 bits per heavy atom. The predicted molar refractivity (Wildman–Crippen MR) is 61.3 cm³/mol. The third kappa shape index (κ3) is 3.56. The Hall–Kier alpha value is -1.37. The minimum atomic E-state index is -5.67. The Labute approximate surface area is 107 Å². The highest BCUT2D eigenvalue weighted by molar-refractivity contribution is 5.53. The molecule has 0 aliphatic heterocycles. The summed E-state index contributed by atoms with van der Waals surface area (Å²) in [4.78, 5) is 1.53. The van der Waals surface area contributed by atoms with Crippen LogP contribution in [-0.2, 0) is 0 Å². The highest BCUT2D eigenvalue weighted by Gasteiger charge is 2.58. The molecule has 0 saturated heterocycles. The summed E-state index contributed by atoms with van der Waals surface area (Å²) in [6.45, 7) is 0. The summed E-state index contributed by atoms with van der Waals surface area (Å²) in [7, 11) is 3.21. The molecular weight excluding hydrogens is 269 g/mol. The maximum absolute atomic E-state index is 12.9. The van der Waals surface area contributed by atoms with Gasteiger partial charge in [-0.25, -0.2) is 0 Å². The average Bonchev–Trinajstić information content (AvgIpc) is 2.26. The molecule has 19 heavy (non-hydrogen) atoms. The molecule has 0 amide bonds. The number of aliphatic hydroxyl groups excluding tert-OH is 1. The van der Waals surface area contributed by atoms with E-state index in [9.17, 15) is 27.1 Å². The van der Waals surface area contributed by atoms with Crippen molar-refractivity contribution in [2.24, 2.45) is 0 Å². The van der Waals surface area contributed by atoms with Crippen molar-refractivity contribution in [1.82, 2.24) is 0 Å². The minimum absolute atomic E-state index is 0.0384. The van der Waals surface area contributed by atoms with E-state index in [4.69, 9.17) is 0 Å². The zero-order chi connectivity index (χ0) is 14.8. The molecular formula is C12H14F5NO. The van der Waals surface area contributed by atoms with E-state index in [2.05, 4.69) is 0 Å². The third-order valence-electron chi connectivity index (χ3n) is 2.64. The van der Waals surface area contributed by atoms with Crippen molar-refractivity contribution in [3.63, 3.8) is 0 Å². The second-order valence-electron chi connectivity index (χ2n) is 4.38. The topological polar surface area (TPSA) is 23.5 Å². The molecule has 7 heteroatoms. The van der Waals surface area contributed by atoms with Crippen LogP contribution in [0.25, 0.3) is 0 Å². The molecule has 0 spiro atoms. The van der Waals surface area contributed by atoms with Gasteiger partial charge in [-0.2, -0.15) is 22.0 Å². The van der Waals surface area contributed by atoms with Gasteiger partial charge in [0.05, 0.1) is 12.5 Å². The van der Waals surface area contributed by atoms with Crippen LogP contribution in [-0.4, -0.2) is 31.3 Å². The molecule has 1 unspecified atom stereocenters. The zero-order valence-electron chi connectivity index (χ0n) is 10.4. The van der Waals surface area contributed by atoms with Gasteiger partial charge in [-0.15, -0.1) is 0 Å². The Bertz CT molecular complexity index is 430. The van der Waals surface area contributed by atoms with Crippen LogP contribution in [0, 0.1) is 0 Å². The molecule has 1 atom stereocenters. The molecule has 108 valence electrons. The van der Waals surface area contributed by atoms with E-state index < -0.39 is 24.6 Å². The molecule has 0 aliphatic carbocycles. The zero-order valence-corrected chi connectivity index (χ0v) is 10.4. The van der Waals surface area contributed by atoms with Crippen molar-refractivity contribution >= 4 is 5.69 Å². The van der Waals surface area contributed by atoms with Gasteiger partial charge in [-0.1, -0.05) is 18.2 Å². The lowest BCUT2D eigenvalue weighted by Crippen LogP contribution is -2.38. The molecule has 2 nitrogen and oxygen atoms in total. The second-order valence-corrected chi connectivity index (χ2v) is 4.38. The predicted octanol–water partition coefficient (Wildman–Crippen LogP) is 3.37. The largest absolute Gasteiger partial charge is 0.453 e. The standard InChI is InChI=1S/C12H14F5NO/c1-18(2)9-6-4-3-5-8(9)10(19)7-11(13,14)12(15,16)17/h3-6,10,19H,7H2,1-2H3. The number of halogens is 5. The van der Waals surface area contributed by atoms with Crippen molar-refractivity contribution in [2.45, 2.75) is 24.6 Å². The monoisotopic (exact) mass is 283 g/mol. The maximum atomic E-state index is 12.9. The first-order chi connectivity index (χ1) is 8.56. The molecule has 0 heterocycles. The van der Waals surface area contributed by atoms with E-state index >= 15 is 0 Å². The number of nitrogens with zero attached hydrogens (tertiary/aromatic N) is 1. The summed E-state index contributed by atoms with van der Waals surface area (Å²) in [5.74, 6) is -4.92. The van der Waals surface area contributed by atoms with Gasteiger partial charge in [0.1, 0.15) is 0 Å². The summed E-state index contributed by atoms with van der Waals surface area (Å²) in [5.41, 5.74) is 0.435. The number of hydrogen-bond acceptors (Lipinski definition) is 2. The average molecular weight is 283 g/mol. The Kier molecular flexibility index (Phi) is 4.39. The van der Waals surface area contributed by atoms with Gasteiger partial charge in [-0.3, -0.25) is 0 Å². The first-order valence-electron chi connectivity index (χ1n) is 5.45. The van der Waals surface area contributed by atoms with Crippen LogP contribution in [0.2, 0.25) is 0 Å². The number of alkyl halides is 5. The molecule has 0 bridgehead atoms. The maximum Gasteiger partial charge on any atom is 0.453 e. The van der Waals surface area contributed by atoms with E-state index in [1.54, 1.807) is 20.2 Å². The Morgan fingerprint density at radius 3 is 2.11 bits per heavy atom. The molecule has 0 aromatic heterocycles. The highest BCUT2D eigenvalue weighted by Crippen LogP contribution is 2.42. The lowest BCUT2D eigenvalue weighted by molar-refractivity contribution is -0.290. The summed E-state index contributed by atoms with van der Waals surface area (Å²) in [6, 6.07) is 5.93. The van der Waals surface area contributed by atoms with Gasteiger partial charge < -0.3 is 10.0 Å². The normalized spacial score (nSPS) is 14.3. The fourth-order valence-electron chi connectivity index (χ4n) is 1.65. The molecule has 1 rings (SSSR count). The van der Waals surface area contributed by atoms with Gasteiger partial charge in [0.15, 0.2) is 0 Å². The fraction of sp³-hybridized carbons (Fsp3) is 0.500. The third-order valence-corrected chi connectivity index (χ3v) is 2.64. The van der Waals surface area contributed by atoms with Gasteiger partial charge >= 0.3 is 12.1 Å². The van der Waals surface area contributed by atoms with E-state index in [0.717, 1.165) is 0 Å². The van der Waals surface area contributed by atoms with Gasteiger partial charge in [0.2, 0.25) is 0 Å². The first kappa shape index (κ1) is 15.7. The summed E-state index contributed by atoms with van der Waals surface area (Å²) in [5, 5.41) is 9.64. The molecule has 1 aromatic rings. The second kappa shape index (κ2) is 5.32. The van der Waals surface area contributed by atoms with Crippen LogP contribution >= 0.6 is 0 Å².